The van der Waals surface area contributed by atoms with Gasteiger partial charge in [-0.1, -0.05) is 5.16 Å². The number of carboxylic acid groups (broad SMARTS) is 1. The van der Waals surface area contributed by atoms with E-state index in [4.69, 9.17) is 5.11 Å². The standard InChI is InChI=1S/C17H15F5N2O4/c18-10-3-9(4-11(19)6-10)13-7-16(28-24-13,17(20,21)22)15(27)23-12-2-1-8(5-12)14(25)26/h3-4,6,8,12H,1-2,5,7H2,(H,23,27)(H,25,26)/t8-,12?,16?/m0/s1. The number of nitrogens with one attached hydrogen (secondary N) is 1. The molecular weight excluding hydrogens is 391 g/mol. The van der Waals surface area contributed by atoms with Crippen molar-refractivity contribution in [3.8, 4) is 0 Å². The van der Waals surface area contributed by atoms with Gasteiger partial charge in [-0.3, -0.25) is 9.59 Å². The van der Waals surface area contributed by atoms with E-state index < -0.39 is 59.4 Å². The number of halogens is 5. The summed E-state index contributed by atoms with van der Waals surface area (Å²) in [5.41, 5.74) is -4.06. The minimum Gasteiger partial charge on any atom is -0.481 e. The molecule has 1 fully saturated rings. The zero-order chi connectivity index (χ0) is 20.7. The number of carboxylic acids is 1. The van der Waals surface area contributed by atoms with Crippen LogP contribution in [-0.4, -0.2) is 40.5 Å². The van der Waals surface area contributed by atoms with E-state index >= 15 is 0 Å². The van der Waals surface area contributed by atoms with Crippen LogP contribution in [0.15, 0.2) is 23.4 Å². The maximum atomic E-state index is 13.7. The van der Waals surface area contributed by atoms with Crippen molar-refractivity contribution >= 4 is 17.6 Å². The Morgan fingerprint density at radius 2 is 1.82 bits per heavy atom. The molecule has 2 N–H and O–H groups in total. The summed E-state index contributed by atoms with van der Waals surface area (Å²) < 4.78 is 67.8. The molecule has 1 saturated carbocycles. The Hall–Kier alpha value is -2.72. The topological polar surface area (TPSA) is 88.0 Å². The monoisotopic (exact) mass is 406 g/mol. The van der Waals surface area contributed by atoms with Crippen LogP contribution in [0.1, 0.15) is 31.2 Å². The lowest BCUT2D eigenvalue weighted by atomic mass is 9.92. The Balaban J connectivity index is 1.80. The van der Waals surface area contributed by atoms with Gasteiger partial charge in [0.05, 0.1) is 18.1 Å². The van der Waals surface area contributed by atoms with Gasteiger partial charge in [0.15, 0.2) is 0 Å². The predicted octanol–water partition coefficient (Wildman–Crippen LogP) is 2.76. The quantitative estimate of drug-likeness (QED) is 0.753. The molecule has 2 aliphatic rings. The molecule has 1 amide bonds. The summed E-state index contributed by atoms with van der Waals surface area (Å²) in [5.74, 6) is -5.39. The average Bonchev–Trinajstić information content (AvgIpc) is 3.21. The molecule has 1 aliphatic heterocycles. The largest absolute Gasteiger partial charge is 0.481 e. The molecule has 11 heteroatoms. The number of nitrogens with zero attached hydrogens (tertiary/aromatic N) is 1. The van der Waals surface area contributed by atoms with Crippen LogP contribution < -0.4 is 5.32 Å². The summed E-state index contributed by atoms with van der Waals surface area (Å²) in [6.45, 7) is 0. The van der Waals surface area contributed by atoms with Gasteiger partial charge < -0.3 is 15.3 Å². The van der Waals surface area contributed by atoms with E-state index in [1.165, 1.54) is 0 Å². The number of benzene rings is 1. The van der Waals surface area contributed by atoms with E-state index in [9.17, 15) is 31.5 Å². The highest BCUT2D eigenvalue weighted by Crippen LogP contribution is 2.42. The van der Waals surface area contributed by atoms with Gasteiger partial charge in [0, 0.05) is 17.7 Å². The Morgan fingerprint density at radius 1 is 1.18 bits per heavy atom. The number of oxime groups is 1. The van der Waals surface area contributed by atoms with E-state index in [1.54, 1.807) is 0 Å². The lowest BCUT2D eigenvalue weighted by molar-refractivity contribution is -0.259. The second-order valence-corrected chi connectivity index (χ2v) is 6.81. The smallest absolute Gasteiger partial charge is 0.440 e. The van der Waals surface area contributed by atoms with Crippen molar-refractivity contribution in [1.29, 1.82) is 0 Å². The molecule has 1 aliphatic carbocycles. The second kappa shape index (κ2) is 7.02. The number of hydrogen-bond acceptors (Lipinski definition) is 4. The first-order chi connectivity index (χ1) is 13.0. The van der Waals surface area contributed by atoms with E-state index in [2.05, 4.69) is 15.3 Å². The number of amides is 1. The first-order valence-electron chi connectivity index (χ1n) is 8.34. The van der Waals surface area contributed by atoms with Crippen LogP contribution in [0.25, 0.3) is 0 Å². The summed E-state index contributed by atoms with van der Waals surface area (Å²) in [7, 11) is 0. The molecule has 6 nitrogen and oxygen atoms in total. The summed E-state index contributed by atoms with van der Waals surface area (Å²) in [6.07, 6.45) is -5.80. The van der Waals surface area contributed by atoms with Crippen LogP contribution in [0.5, 0.6) is 0 Å². The van der Waals surface area contributed by atoms with Crippen LogP contribution in [-0.2, 0) is 14.4 Å². The van der Waals surface area contributed by atoms with Gasteiger partial charge in [-0.2, -0.15) is 13.2 Å². The van der Waals surface area contributed by atoms with Gasteiger partial charge in [0.25, 0.3) is 5.91 Å². The Kier molecular flexibility index (Phi) is 5.02. The zero-order valence-electron chi connectivity index (χ0n) is 14.2. The van der Waals surface area contributed by atoms with Crippen LogP contribution in [0.3, 0.4) is 0 Å². The van der Waals surface area contributed by atoms with Crippen molar-refractivity contribution in [1.82, 2.24) is 5.32 Å². The SMILES string of the molecule is O=C(O)[C@H]1CCC(NC(=O)C2(C(F)(F)F)CC(c3cc(F)cc(F)c3)=NO2)C1. The molecule has 28 heavy (non-hydrogen) atoms. The number of carbonyl (C=O) groups excluding carboxylic acids is 1. The fourth-order valence-electron chi connectivity index (χ4n) is 3.35. The maximum Gasteiger partial charge on any atom is 0.440 e. The first kappa shape index (κ1) is 20.0. The summed E-state index contributed by atoms with van der Waals surface area (Å²) in [6, 6.07) is 1.35. The van der Waals surface area contributed by atoms with Crippen molar-refractivity contribution in [3.05, 3.63) is 35.4 Å². The summed E-state index contributed by atoms with van der Waals surface area (Å²) >= 11 is 0. The molecular formula is C17H15F5N2O4. The number of alkyl halides is 3. The number of hydrogen-bond donors (Lipinski definition) is 2. The third-order valence-electron chi connectivity index (χ3n) is 4.87. The molecule has 1 aromatic rings. The fourth-order valence-corrected chi connectivity index (χ4v) is 3.35. The molecule has 3 atom stereocenters. The maximum absolute atomic E-state index is 13.7. The Labute approximate surface area is 155 Å². The third kappa shape index (κ3) is 3.65. The normalized spacial score (nSPS) is 27.2. The van der Waals surface area contributed by atoms with Crippen molar-refractivity contribution in [3.63, 3.8) is 0 Å². The minimum absolute atomic E-state index is 0.00215. The molecule has 2 unspecified atom stereocenters. The van der Waals surface area contributed by atoms with Gasteiger partial charge in [-0.15, -0.1) is 0 Å². The van der Waals surface area contributed by atoms with E-state index in [0.29, 0.717) is 6.07 Å². The van der Waals surface area contributed by atoms with Crippen molar-refractivity contribution in [2.75, 3.05) is 0 Å². The number of carbonyl (C=O) groups is 2. The third-order valence-corrected chi connectivity index (χ3v) is 4.87. The van der Waals surface area contributed by atoms with Crippen LogP contribution >= 0.6 is 0 Å². The first-order valence-corrected chi connectivity index (χ1v) is 8.34. The molecule has 3 rings (SSSR count). The van der Waals surface area contributed by atoms with Crippen LogP contribution in [0.2, 0.25) is 0 Å². The van der Waals surface area contributed by atoms with Crippen molar-refractivity contribution in [2.45, 2.75) is 43.5 Å². The molecule has 1 heterocycles. The molecule has 0 aromatic heterocycles. The lowest BCUT2D eigenvalue weighted by Gasteiger charge is -2.29. The Bertz CT molecular complexity index is 821. The minimum atomic E-state index is -5.17. The highest BCUT2D eigenvalue weighted by atomic mass is 19.4. The molecule has 0 saturated heterocycles. The van der Waals surface area contributed by atoms with Crippen LogP contribution in [0, 0.1) is 17.6 Å². The van der Waals surface area contributed by atoms with Crippen LogP contribution in [0.4, 0.5) is 22.0 Å². The molecule has 0 bridgehead atoms. The molecule has 0 radical (unpaired) electrons. The molecule has 152 valence electrons. The summed E-state index contributed by atoms with van der Waals surface area (Å²) in [4.78, 5) is 27.9. The van der Waals surface area contributed by atoms with Crippen molar-refractivity contribution < 1.29 is 41.5 Å². The van der Waals surface area contributed by atoms with Gasteiger partial charge in [-0.05, 0) is 31.4 Å². The number of aliphatic carboxylic acids is 1. The Morgan fingerprint density at radius 3 is 2.36 bits per heavy atom. The second-order valence-electron chi connectivity index (χ2n) is 6.81. The fraction of sp³-hybridized carbons (Fsp3) is 0.471. The highest BCUT2D eigenvalue weighted by molar-refractivity contribution is 6.05. The van der Waals surface area contributed by atoms with Gasteiger partial charge >= 0.3 is 17.7 Å². The van der Waals surface area contributed by atoms with E-state index in [1.807, 2.05) is 0 Å². The van der Waals surface area contributed by atoms with Crippen molar-refractivity contribution in [2.24, 2.45) is 11.1 Å². The summed E-state index contributed by atoms with van der Waals surface area (Å²) in [5, 5.41) is 14.4. The molecule has 0 spiro atoms. The average molecular weight is 406 g/mol. The highest BCUT2D eigenvalue weighted by Gasteiger charge is 2.66. The zero-order valence-corrected chi connectivity index (χ0v) is 14.2. The van der Waals surface area contributed by atoms with E-state index in [-0.39, 0.29) is 24.8 Å². The number of rotatable bonds is 4. The van der Waals surface area contributed by atoms with E-state index in [0.717, 1.165) is 12.1 Å². The molecule has 1 aromatic carbocycles. The van der Waals surface area contributed by atoms with Gasteiger partial charge in [0.2, 0.25) is 0 Å². The van der Waals surface area contributed by atoms with Gasteiger partial charge in [-0.25, -0.2) is 8.78 Å². The predicted molar refractivity (Wildman–Crippen MR) is 84.3 cm³/mol. The lowest BCUT2D eigenvalue weighted by Crippen LogP contribution is -2.58. The van der Waals surface area contributed by atoms with Gasteiger partial charge in [0.1, 0.15) is 11.6 Å².